The van der Waals surface area contributed by atoms with Gasteiger partial charge in [-0.05, 0) is 38.1 Å². The summed E-state index contributed by atoms with van der Waals surface area (Å²) < 4.78 is 7.72. The molecule has 2 heterocycles. The van der Waals surface area contributed by atoms with Crippen LogP contribution in [0.3, 0.4) is 0 Å². The topological polar surface area (TPSA) is 43.0 Å². The van der Waals surface area contributed by atoms with Crippen LogP contribution in [0.25, 0.3) is 5.69 Å². The van der Waals surface area contributed by atoms with Gasteiger partial charge in [-0.1, -0.05) is 18.2 Å². The van der Waals surface area contributed by atoms with Crippen LogP contribution in [0.1, 0.15) is 23.0 Å². The van der Waals surface area contributed by atoms with Crippen LogP contribution in [0, 0.1) is 13.8 Å². The second-order valence-corrected chi connectivity index (χ2v) is 5.08. The zero-order valence-corrected chi connectivity index (χ0v) is 12.3. The fraction of sp³-hybridized carbons (Fsp3) is 0.235. The second-order valence-electron chi connectivity index (χ2n) is 5.08. The minimum absolute atomic E-state index is 0.715. The Morgan fingerprint density at radius 3 is 2.57 bits per heavy atom. The molecule has 4 heteroatoms. The molecule has 2 aromatic heterocycles. The number of nitrogens with zero attached hydrogens (tertiary/aromatic N) is 2. The van der Waals surface area contributed by atoms with Gasteiger partial charge in [0.15, 0.2) is 0 Å². The molecule has 0 aliphatic heterocycles. The summed E-state index contributed by atoms with van der Waals surface area (Å²) in [5.41, 5.74) is 2.28. The molecule has 0 atom stereocenters. The number of para-hydroxylation sites is 1. The van der Waals surface area contributed by atoms with Crippen molar-refractivity contribution in [1.29, 1.82) is 0 Å². The van der Waals surface area contributed by atoms with Gasteiger partial charge in [-0.2, -0.15) is 0 Å². The molecular weight excluding hydrogens is 262 g/mol. The molecule has 0 aliphatic rings. The van der Waals surface area contributed by atoms with E-state index in [1.165, 1.54) is 0 Å². The Morgan fingerprint density at radius 1 is 1.05 bits per heavy atom. The molecule has 0 saturated carbocycles. The van der Waals surface area contributed by atoms with E-state index in [1.807, 2.05) is 50.4 Å². The number of hydrogen-bond donors (Lipinski definition) is 1. The summed E-state index contributed by atoms with van der Waals surface area (Å²) >= 11 is 0. The zero-order valence-electron chi connectivity index (χ0n) is 12.3. The van der Waals surface area contributed by atoms with E-state index in [9.17, 15) is 0 Å². The lowest BCUT2D eigenvalue weighted by molar-refractivity contribution is 0.460. The van der Waals surface area contributed by atoms with Gasteiger partial charge in [-0.15, -0.1) is 0 Å². The van der Waals surface area contributed by atoms with Crippen LogP contribution < -0.4 is 5.32 Å². The van der Waals surface area contributed by atoms with Gasteiger partial charge in [-0.25, -0.2) is 4.98 Å². The van der Waals surface area contributed by atoms with Crippen LogP contribution in [-0.2, 0) is 13.1 Å². The predicted octanol–water partition coefficient (Wildman–Crippen LogP) is 3.37. The summed E-state index contributed by atoms with van der Waals surface area (Å²) in [5, 5.41) is 3.40. The first kappa shape index (κ1) is 13.6. The maximum atomic E-state index is 5.56. The third-order valence-electron chi connectivity index (χ3n) is 3.43. The molecule has 0 amide bonds. The van der Waals surface area contributed by atoms with Crippen molar-refractivity contribution in [3.63, 3.8) is 0 Å². The lowest BCUT2D eigenvalue weighted by Crippen LogP contribution is -2.15. The molecule has 3 aromatic rings. The molecule has 3 rings (SSSR count). The molecule has 1 aromatic carbocycles. The van der Waals surface area contributed by atoms with Crippen molar-refractivity contribution in [2.24, 2.45) is 0 Å². The van der Waals surface area contributed by atoms with Crippen LogP contribution in [0.4, 0.5) is 0 Å². The highest BCUT2D eigenvalue weighted by Crippen LogP contribution is 2.14. The normalized spacial score (nSPS) is 11.0. The highest BCUT2D eigenvalue weighted by molar-refractivity contribution is 5.35. The molecule has 0 spiro atoms. The molecule has 1 N–H and O–H groups in total. The SMILES string of the molecule is Cc1ccc(CNCc2cnc(C)n2-c2ccccc2)o1. The fourth-order valence-electron chi connectivity index (χ4n) is 2.44. The van der Waals surface area contributed by atoms with Gasteiger partial charge in [0.1, 0.15) is 17.3 Å². The molecule has 21 heavy (non-hydrogen) atoms. The van der Waals surface area contributed by atoms with Gasteiger partial charge in [0.2, 0.25) is 0 Å². The zero-order chi connectivity index (χ0) is 14.7. The molecular formula is C17H19N3O. The number of furan rings is 1. The third kappa shape index (κ3) is 3.06. The fourth-order valence-corrected chi connectivity index (χ4v) is 2.44. The predicted molar refractivity (Wildman–Crippen MR) is 82.3 cm³/mol. The lowest BCUT2D eigenvalue weighted by Gasteiger charge is -2.10. The van der Waals surface area contributed by atoms with E-state index in [0.717, 1.165) is 35.3 Å². The Morgan fingerprint density at radius 2 is 1.86 bits per heavy atom. The largest absolute Gasteiger partial charge is 0.465 e. The summed E-state index contributed by atoms with van der Waals surface area (Å²) in [6.07, 6.45) is 1.92. The van der Waals surface area contributed by atoms with Crippen molar-refractivity contribution in [2.45, 2.75) is 26.9 Å². The van der Waals surface area contributed by atoms with E-state index in [-0.39, 0.29) is 0 Å². The van der Waals surface area contributed by atoms with Crippen molar-refractivity contribution >= 4 is 0 Å². The smallest absolute Gasteiger partial charge is 0.117 e. The van der Waals surface area contributed by atoms with E-state index in [1.54, 1.807) is 0 Å². The number of nitrogens with one attached hydrogen (secondary N) is 1. The van der Waals surface area contributed by atoms with E-state index in [2.05, 4.69) is 27.0 Å². The number of aryl methyl sites for hydroxylation is 2. The number of benzene rings is 1. The molecule has 0 fully saturated rings. The molecule has 4 nitrogen and oxygen atoms in total. The maximum absolute atomic E-state index is 5.56. The van der Waals surface area contributed by atoms with Crippen LogP contribution in [0.15, 0.2) is 53.1 Å². The molecule has 0 aliphatic carbocycles. The maximum Gasteiger partial charge on any atom is 0.117 e. The van der Waals surface area contributed by atoms with E-state index >= 15 is 0 Å². The average Bonchev–Trinajstić information content (AvgIpc) is 3.06. The highest BCUT2D eigenvalue weighted by Gasteiger charge is 2.08. The average molecular weight is 281 g/mol. The van der Waals surface area contributed by atoms with Crippen molar-refractivity contribution in [3.05, 3.63) is 71.7 Å². The number of imidazole rings is 1. The van der Waals surface area contributed by atoms with Gasteiger partial charge in [0.05, 0.1) is 18.4 Å². The second kappa shape index (κ2) is 5.97. The van der Waals surface area contributed by atoms with Crippen molar-refractivity contribution < 1.29 is 4.42 Å². The first-order valence-electron chi connectivity index (χ1n) is 7.09. The van der Waals surface area contributed by atoms with Crippen LogP contribution in [0.2, 0.25) is 0 Å². The Balaban J connectivity index is 1.72. The van der Waals surface area contributed by atoms with E-state index < -0.39 is 0 Å². The van der Waals surface area contributed by atoms with Gasteiger partial charge in [0.25, 0.3) is 0 Å². The number of aromatic nitrogens is 2. The van der Waals surface area contributed by atoms with Gasteiger partial charge < -0.3 is 9.73 Å². The summed E-state index contributed by atoms with van der Waals surface area (Å²) in [4.78, 5) is 4.42. The van der Waals surface area contributed by atoms with Gasteiger partial charge in [0, 0.05) is 12.2 Å². The minimum Gasteiger partial charge on any atom is -0.465 e. The summed E-state index contributed by atoms with van der Waals surface area (Å²) in [5.74, 6) is 2.89. The van der Waals surface area contributed by atoms with Crippen molar-refractivity contribution in [2.75, 3.05) is 0 Å². The van der Waals surface area contributed by atoms with Crippen molar-refractivity contribution in [3.8, 4) is 5.69 Å². The lowest BCUT2D eigenvalue weighted by atomic mass is 10.3. The van der Waals surface area contributed by atoms with E-state index in [0.29, 0.717) is 6.54 Å². The summed E-state index contributed by atoms with van der Waals surface area (Å²) in [6, 6.07) is 14.3. The van der Waals surface area contributed by atoms with Crippen LogP contribution in [-0.4, -0.2) is 9.55 Å². The van der Waals surface area contributed by atoms with E-state index in [4.69, 9.17) is 4.42 Å². The van der Waals surface area contributed by atoms with Gasteiger partial charge >= 0.3 is 0 Å². The standard InChI is InChI=1S/C17H19N3O/c1-13-8-9-17(21-13)12-18-10-16-11-19-14(2)20(16)15-6-4-3-5-7-15/h3-9,11,18H,10,12H2,1-2H3. The summed E-state index contributed by atoms with van der Waals surface area (Å²) in [6.45, 7) is 5.44. The van der Waals surface area contributed by atoms with Gasteiger partial charge in [-0.3, -0.25) is 4.57 Å². The monoisotopic (exact) mass is 281 g/mol. The first-order valence-corrected chi connectivity index (χ1v) is 7.09. The first-order chi connectivity index (χ1) is 10.2. The molecule has 108 valence electrons. The Labute approximate surface area is 124 Å². The highest BCUT2D eigenvalue weighted by atomic mass is 16.3. The molecule has 0 radical (unpaired) electrons. The van der Waals surface area contributed by atoms with Crippen LogP contribution >= 0.6 is 0 Å². The third-order valence-corrected chi connectivity index (χ3v) is 3.43. The molecule has 0 bridgehead atoms. The quantitative estimate of drug-likeness (QED) is 0.779. The number of hydrogen-bond acceptors (Lipinski definition) is 3. The Hall–Kier alpha value is -2.33. The minimum atomic E-state index is 0.715. The van der Waals surface area contributed by atoms with Crippen LogP contribution in [0.5, 0.6) is 0 Å². The molecule has 0 saturated heterocycles. The Bertz CT molecular complexity index is 713. The molecule has 0 unspecified atom stereocenters. The Kier molecular flexibility index (Phi) is 3.88. The van der Waals surface area contributed by atoms with Crippen molar-refractivity contribution in [1.82, 2.24) is 14.9 Å². The number of rotatable bonds is 5. The summed E-state index contributed by atoms with van der Waals surface area (Å²) in [7, 11) is 0.